The molecular weight excluding hydrogens is 1050 g/mol. The highest BCUT2D eigenvalue weighted by Crippen LogP contribution is 2.64. The number of rotatable bonds is 4. The summed E-state index contributed by atoms with van der Waals surface area (Å²) in [7, 11) is 0. The minimum atomic E-state index is -0.673. The molecule has 0 saturated carbocycles. The molecule has 9 aromatic rings. The standard InChI is InChI=1S/C85H76N2/c1-80(2,3)53-26-34-57(35-27-53)84-59-38-30-55(31-39-59)82(7,8)61-18-16-23-64(50-61)86(62-19-12-10-13-20-62)65-42-44-67(74(84)51-65)69-46-47-70-68-45-43-66-52-75(68)85(72-49-48-71(84)77(69)78(70)72,58-36-28-54(29-37-58)81(4,5)6)60-40-32-56(33-41-60)83(9)73-24-17-25-76(79(73)83)87(66)63-21-14-11-15-22-63/h10-41,43,45,48-51,75H,42,44,46-47,52H2,1-9H3. The second-order valence-electron chi connectivity index (χ2n) is 29.1. The van der Waals surface area contributed by atoms with Crippen LogP contribution in [-0.2, 0) is 32.5 Å². The highest BCUT2D eigenvalue weighted by Gasteiger charge is 2.56. The molecule has 9 aromatic carbocycles. The van der Waals surface area contributed by atoms with Crippen LogP contribution in [0.25, 0.3) is 11.1 Å². The summed E-state index contributed by atoms with van der Waals surface area (Å²) in [6.45, 7) is 21.4. The molecule has 10 aliphatic rings. The highest BCUT2D eigenvalue weighted by molar-refractivity contribution is 5.89. The van der Waals surface area contributed by atoms with E-state index in [0.717, 1.165) is 32.1 Å². The van der Waals surface area contributed by atoms with E-state index in [1.165, 1.54) is 139 Å². The Labute approximate surface area is 515 Å². The zero-order valence-corrected chi connectivity index (χ0v) is 51.9. The monoisotopic (exact) mass is 1120 g/mol. The summed E-state index contributed by atoms with van der Waals surface area (Å²) in [6, 6.07) is 84.3. The van der Waals surface area contributed by atoms with Crippen LogP contribution in [0.1, 0.15) is 167 Å². The molecule has 2 nitrogen and oxygen atoms in total. The third-order valence-corrected chi connectivity index (χ3v) is 22.4. The third-order valence-electron chi connectivity index (χ3n) is 22.4. The van der Waals surface area contributed by atoms with Crippen molar-refractivity contribution in [2.75, 3.05) is 9.80 Å². The Hall–Kier alpha value is -8.72. The number of para-hydroxylation sites is 2. The first-order chi connectivity index (χ1) is 42.0. The fraction of sp³-hybridized carbons (Fsp3) is 0.247. The maximum absolute atomic E-state index is 2.68. The minimum Gasteiger partial charge on any atom is -0.314 e. The van der Waals surface area contributed by atoms with E-state index in [9.17, 15) is 0 Å². The number of allylic oxidation sites excluding steroid dienone is 8. The van der Waals surface area contributed by atoms with Crippen molar-refractivity contribution in [3.63, 3.8) is 0 Å². The maximum atomic E-state index is 2.68. The lowest BCUT2D eigenvalue weighted by Crippen LogP contribution is -2.56. The molecule has 0 saturated heterocycles. The van der Waals surface area contributed by atoms with Gasteiger partial charge in [0.2, 0.25) is 0 Å². The summed E-state index contributed by atoms with van der Waals surface area (Å²) < 4.78 is 0. The summed E-state index contributed by atoms with van der Waals surface area (Å²) in [5, 5.41) is 2.95. The molecule has 4 aliphatic heterocycles. The second-order valence-corrected chi connectivity index (χ2v) is 29.1. The quantitative estimate of drug-likeness (QED) is 0.173. The third kappa shape index (κ3) is 7.16. The van der Waals surface area contributed by atoms with E-state index < -0.39 is 10.8 Å². The van der Waals surface area contributed by atoms with Gasteiger partial charge in [-0.15, -0.1) is 0 Å². The first-order valence-electron chi connectivity index (χ1n) is 32.2. The topological polar surface area (TPSA) is 6.48 Å². The molecule has 6 aliphatic carbocycles. The Morgan fingerprint density at radius 3 is 1.59 bits per heavy atom. The predicted molar refractivity (Wildman–Crippen MR) is 361 cm³/mol. The summed E-state index contributed by atoms with van der Waals surface area (Å²) in [5.74, 6) is 0.0933. The Kier molecular flexibility index (Phi) is 11.0. The Morgan fingerprint density at radius 2 is 0.931 bits per heavy atom. The molecule has 2 heteroatoms. The van der Waals surface area contributed by atoms with Crippen LogP contribution in [0.4, 0.5) is 22.7 Å². The normalized spacial score (nSPS) is 23.2. The number of fused-ring (bicyclic) bond motifs is 6. The van der Waals surface area contributed by atoms with Crippen molar-refractivity contribution >= 4 is 33.9 Å². The van der Waals surface area contributed by atoms with Crippen molar-refractivity contribution < 1.29 is 0 Å². The van der Waals surface area contributed by atoms with Gasteiger partial charge in [0.15, 0.2) is 0 Å². The van der Waals surface area contributed by atoms with Crippen LogP contribution < -0.4 is 20.2 Å². The van der Waals surface area contributed by atoms with Crippen LogP contribution >= 0.6 is 0 Å². The van der Waals surface area contributed by atoms with E-state index in [2.05, 4.69) is 303 Å². The fourth-order valence-corrected chi connectivity index (χ4v) is 17.9. The highest BCUT2D eigenvalue weighted by atomic mass is 15.2. The van der Waals surface area contributed by atoms with E-state index in [-0.39, 0.29) is 27.6 Å². The molecule has 10 bridgehead atoms. The second kappa shape index (κ2) is 18.2. The molecule has 0 aromatic heterocycles. The van der Waals surface area contributed by atoms with Crippen LogP contribution in [0.15, 0.2) is 259 Å². The molecular formula is C85H76N2. The molecule has 0 fully saturated rings. The van der Waals surface area contributed by atoms with E-state index in [1.807, 2.05) is 0 Å². The van der Waals surface area contributed by atoms with Crippen molar-refractivity contribution in [1.29, 1.82) is 0 Å². The predicted octanol–water partition coefficient (Wildman–Crippen LogP) is 19.2. The lowest BCUT2D eigenvalue weighted by molar-refractivity contribution is 0.412. The van der Waals surface area contributed by atoms with Gasteiger partial charge in [0.25, 0.3) is 0 Å². The number of hydrogen-bond acceptors (Lipinski definition) is 2. The molecule has 426 valence electrons. The van der Waals surface area contributed by atoms with Crippen molar-refractivity contribution in [3.8, 4) is 0 Å². The van der Waals surface area contributed by atoms with E-state index in [0.29, 0.717) is 0 Å². The molecule has 0 spiro atoms. The Bertz CT molecular complexity index is 4670. The van der Waals surface area contributed by atoms with E-state index in [1.54, 1.807) is 5.57 Å². The van der Waals surface area contributed by atoms with Crippen molar-refractivity contribution in [2.45, 2.75) is 127 Å². The zero-order valence-electron chi connectivity index (χ0n) is 51.9. The smallest absolute Gasteiger partial charge is 0.0711 e. The summed E-state index contributed by atoms with van der Waals surface area (Å²) in [4.78, 5) is 5.23. The summed E-state index contributed by atoms with van der Waals surface area (Å²) in [5.41, 5.74) is 31.2. The molecule has 0 amide bonds. The van der Waals surface area contributed by atoms with Gasteiger partial charge in [0.1, 0.15) is 0 Å². The van der Waals surface area contributed by atoms with Gasteiger partial charge in [-0.3, -0.25) is 0 Å². The summed E-state index contributed by atoms with van der Waals surface area (Å²) >= 11 is 0. The van der Waals surface area contributed by atoms with Crippen LogP contribution in [0.3, 0.4) is 0 Å². The Morgan fingerprint density at radius 1 is 0.402 bits per heavy atom. The SMILES string of the molecule is CC(C)(C)c1ccc(C23C4=C(CCC(=C4)N(c4ccccc4)c4cccc(c4)C(C)(C)c4ccc2cc4)C2=c4c3ccc3c4=C(CC2)C2=CC=C4CC2C3(c2ccc(C(C)(C)C)cc2)c2ccc(cc2)C2(C)c3cccc(c32)N4c2ccccc2)cc1. The van der Waals surface area contributed by atoms with E-state index in [4.69, 9.17) is 0 Å². The van der Waals surface area contributed by atoms with E-state index >= 15 is 0 Å². The van der Waals surface area contributed by atoms with Gasteiger partial charge < -0.3 is 9.80 Å². The van der Waals surface area contributed by atoms with Gasteiger partial charge in [-0.25, -0.2) is 0 Å². The van der Waals surface area contributed by atoms with Gasteiger partial charge >= 0.3 is 0 Å². The first kappa shape index (κ1) is 52.6. The van der Waals surface area contributed by atoms with Gasteiger partial charge in [0.05, 0.1) is 16.5 Å². The van der Waals surface area contributed by atoms with Gasteiger partial charge in [0, 0.05) is 45.2 Å². The number of nitrogens with zero attached hydrogens (tertiary/aromatic N) is 2. The van der Waals surface area contributed by atoms with Crippen LogP contribution in [0.5, 0.6) is 0 Å². The molecule has 0 radical (unpaired) electrons. The molecule has 4 unspecified atom stereocenters. The molecule has 4 heterocycles. The van der Waals surface area contributed by atoms with Gasteiger partial charge in [-0.05, 0) is 215 Å². The number of hydrogen-bond donors (Lipinski definition) is 0. The van der Waals surface area contributed by atoms with Crippen LogP contribution in [0, 0.1) is 5.92 Å². The largest absolute Gasteiger partial charge is 0.314 e. The lowest BCUT2D eigenvalue weighted by Gasteiger charge is -2.52. The first-order valence-corrected chi connectivity index (χ1v) is 32.2. The number of benzene rings is 9. The average Bonchev–Trinajstić information content (AvgIpc) is 1.24. The maximum Gasteiger partial charge on any atom is 0.0711 e. The molecule has 19 rings (SSSR count). The van der Waals surface area contributed by atoms with Crippen molar-refractivity contribution in [3.05, 3.63) is 341 Å². The minimum absolute atomic E-state index is 0.00555. The molecule has 0 N–H and O–H groups in total. The summed E-state index contributed by atoms with van der Waals surface area (Å²) in [6.07, 6.45) is 12.5. The van der Waals surface area contributed by atoms with Gasteiger partial charge in [-0.1, -0.05) is 231 Å². The lowest BCUT2D eigenvalue weighted by atomic mass is 9.51. The fourth-order valence-electron chi connectivity index (χ4n) is 17.9. The van der Waals surface area contributed by atoms with Crippen LogP contribution in [-0.4, -0.2) is 0 Å². The Balaban J connectivity index is 1.03. The number of anilines is 4. The average molecular weight is 1130 g/mol. The van der Waals surface area contributed by atoms with Gasteiger partial charge in [-0.2, -0.15) is 0 Å². The van der Waals surface area contributed by atoms with Crippen molar-refractivity contribution in [1.82, 2.24) is 0 Å². The molecule has 87 heavy (non-hydrogen) atoms. The van der Waals surface area contributed by atoms with Crippen LogP contribution in [0.2, 0.25) is 0 Å². The molecule has 4 atom stereocenters. The zero-order chi connectivity index (χ0) is 59.1. The van der Waals surface area contributed by atoms with Crippen molar-refractivity contribution in [2.24, 2.45) is 5.92 Å².